The first-order valence-electron chi connectivity index (χ1n) is 8.33. The molecule has 0 amide bonds. The molecular formula is C20H22ClNO2. The zero-order valence-corrected chi connectivity index (χ0v) is 14.5. The number of carbonyl (C=O) groups is 1. The molecule has 0 aromatic heterocycles. The third-order valence-corrected chi connectivity index (χ3v) is 5.00. The van der Waals surface area contributed by atoms with Crippen LogP contribution >= 0.6 is 11.6 Å². The highest BCUT2D eigenvalue weighted by molar-refractivity contribution is 6.30. The fraction of sp³-hybridized carbons (Fsp3) is 0.350. The fourth-order valence-corrected chi connectivity index (χ4v) is 3.58. The third-order valence-electron chi connectivity index (χ3n) is 4.75. The van der Waals surface area contributed by atoms with Crippen LogP contribution < -0.4 is 0 Å². The van der Waals surface area contributed by atoms with Crippen molar-refractivity contribution in [3.63, 3.8) is 0 Å². The molecule has 1 aliphatic heterocycles. The summed E-state index contributed by atoms with van der Waals surface area (Å²) in [5, 5.41) is 10.1. The summed E-state index contributed by atoms with van der Waals surface area (Å²) < 4.78 is 0. The average molecular weight is 344 g/mol. The minimum atomic E-state index is -0.696. The number of carboxylic acids is 1. The molecular weight excluding hydrogens is 322 g/mol. The van der Waals surface area contributed by atoms with Crippen molar-refractivity contribution >= 4 is 17.6 Å². The van der Waals surface area contributed by atoms with Crippen LogP contribution in [0.1, 0.15) is 35.6 Å². The van der Waals surface area contributed by atoms with Gasteiger partial charge in [0.15, 0.2) is 0 Å². The Balaban J connectivity index is 1.96. The maximum atomic E-state index is 11.4. The van der Waals surface area contributed by atoms with E-state index in [0.717, 1.165) is 24.9 Å². The lowest BCUT2D eigenvalue weighted by molar-refractivity contribution is -0.143. The molecule has 2 aromatic carbocycles. The number of halogens is 1. The minimum absolute atomic E-state index is 0.0602. The largest absolute Gasteiger partial charge is 0.481 e. The predicted molar refractivity (Wildman–Crippen MR) is 96.4 cm³/mol. The predicted octanol–water partition coefficient (Wildman–Crippen LogP) is 4.53. The molecule has 0 aliphatic carbocycles. The Hall–Kier alpha value is -1.84. The molecule has 0 spiro atoms. The van der Waals surface area contributed by atoms with E-state index in [1.54, 1.807) is 0 Å². The van der Waals surface area contributed by atoms with Crippen LogP contribution in [0.4, 0.5) is 0 Å². The van der Waals surface area contributed by atoms with Gasteiger partial charge in [0.2, 0.25) is 0 Å². The summed E-state index contributed by atoms with van der Waals surface area (Å²) in [6.45, 7) is 3.56. The molecule has 1 heterocycles. The number of likely N-dealkylation sites (tertiary alicyclic amines) is 1. The van der Waals surface area contributed by atoms with Crippen molar-refractivity contribution in [2.75, 3.05) is 13.1 Å². The van der Waals surface area contributed by atoms with Gasteiger partial charge in [-0.25, -0.2) is 0 Å². The van der Waals surface area contributed by atoms with Crippen LogP contribution in [-0.2, 0) is 4.79 Å². The Morgan fingerprint density at radius 2 is 1.71 bits per heavy atom. The number of hydrogen-bond acceptors (Lipinski definition) is 2. The molecule has 2 aromatic rings. The van der Waals surface area contributed by atoms with Gasteiger partial charge in [-0.05, 0) is 49.6 Å². The van der Waals surface area contributed by atoms with E-state index in [1.165, 1.54) is 11.1 Å². The molecule has 2 unspecified atom stereocenters. The minimum Gasteiger partial charge on any atom is -0.481 e. The Labute approximate surface area is 147 Å². The van der Waals surface area contributed by atoms with Crippen LogP contribution in [-0.4, -0.2) is 29.1 Å². The van der Waals surface area contributed by atoms with E-state index < -0.39 is 5.97 Å². The molecule has 1 saturated heterocycles. The number of carboxylic acid groups (broad SMARTS) is 1. The topological polar surface area (TPSA) is 40.5 Å². The third kappa shape index (κ3) is 3.80. The van der Waals surface area contributed by atoms with Crippen molar-refractivity contribution in [3.05, 3.63) is 70.2 Å². The van der Waals surface area contributed by atoms with E-state index in [9.17, 15) is 9.90 Å². The van der Waals surface area contributed by atoms with E-state index in [4.69, 9.17) is 11.6 Å². The second kappa shape index (κ2) is 7.37. The zero-order chi connectivity index (χ0) is 17.1. The normalized spacial score (nSPS) is 19.8. The second-order valence-corrected chi connectivity index (χ2v) is 6.97. The van der Waals surface area contributed by atoms with Crippen molar-refractivity contribution in [1.29, 1.82) is 0 Å². The molecule has 0 radical (unpaired) electrons. The smallest absolute Gasteiger partial charge is 0.307 e. The summed E-state index contributed by atoms with van der Waals surface area (Å²) in [5.74, 6) is -0.988. The van der Waals surface area contributed by atoms with Crippen molar-refractivity contribution in [3.8, 4) is 0 Å². The lowest BCUT2D eigenvalue weighted by Crippen LogP contribution is -2.41. The van der Waals surface area contributed by atoms with Crippen LogP contribution in [0.2, 0.25) is 5.02 Å². The van der Waals surface area contributed by atoms with Gasteiger partial charge in [0.1, 0.15) is 0 Å². The standard InChI is InChI=1S/C20H22ClNO2/c1-14-4-6-15(7-5-14)19(16-8-10-18(21)11-9-16)22-12-2-3-17(13-22)20(23)24/h4-11,17,19H,2-3,12-13H2,1H3,(H,23,24). The van der Waals surface area contributed by atoms with Gasteiger partial charge in [-0.2, -0.15) is 0 Å². The second-order valence-electron chi connectivity index (χ2n) is 6.54. The van der Waals surface area contributed by atoms with Gasteiger partial charge >= 0.3 is 5.97 Å². The van der Waals surface area contributed by atoms with Gasteiger partial charge in [-0.15, -0.1) is 0 Å². The van der Waals surface area contributed by atoms with Gasteiger partial charge < -0.3 is 5.11 Å². The molecule has 0 saturated carbocycles. The monoisotopic (exact) mass is 343 g/mol. The number of rotatable bonds is 4. The molecule has 0 bridgehead atoms. The fourth-order valence-electron chi connectivity index (χ4n) is 3.45. The maximum Gasteiger partial charge on any atom is 0.307 e. The van der Waals surface area contributed by atoms with E-state index in [1.807, 2.05) is 24.3 Å². The van der Waals surface area contributed by atoms with E-state index in [0.29, 0.717) is 11.6 Å². The summed E-state index contributed by atoms with van der Waals surface area (Å²) >= 11 is 6.04. The molecule has 126 valence electrons. The van der Waals surface area contributed by atoms with Crippen LogP contribution in [0.15, 0.2) is 48.5 Å². The number of nitrogens with zero attached hydrogens (tertiary/aromatic N) is 1. The Morgan fingerprint density at radius 1 is 1.12 bits per heavy atom. The van der Waals surface area contributed by atoms with Gasteiger partial charge in [0.05, 0.1) is 12.0 Å². The molecule has 24 heavy (non-hydrogen) atoms. The van der Waals surface area contributed by atoms with Crippen LogP contribution in [0, 0.1) is 12.8 Å². The molecule has 3 rings (SSSR count). The first-order chi connectivity index (χ1) is 11.5. The first-order valence-corrected chi connectivity index (χ1v) is 8.71. The average Bonchev–Trinajstić information content (AvgIpc) is 2.59. The summed E-state index contributed by atoms with van der Waals surface area (Å²) in [6.07, 6.45) is 1.67. The number of aryl methyl sites for hydroxylation is 1. The van der Waals surface area contributed by atoms with Crippen molar-refractivity contribution in [2.45, 2.75) is 25.8 Å². The number of benzene rings is 2. The Morgan fingerprint density at radius 3 is 2.29 bits per heavy atom. The zero-order valence-electron chi connectivity index (χ0n) is 13.8. The highest BCUT2D eigenvalue weighted by Gasteiger charge is 2.31. The molecule has 4 heteroatoms. The number of aliphatic carboxylic acids is 1. The molecule has 2 atom stereocenters. The highest BCUT2D eigenvalue weighted by Crippen LogP contribution is 2.33. The van der Waals surface area contributed by atoms with E-state index in [-0.39, 0.29) is 12.0 Å². The number of hydrogen-bond donors (Lipinski definition) is 1. The van der Waals surface area contributed by atoms with Gasteiger partial charge in [-0.3, -0.25) is 9.69 Å². The lowest BCUT2D eigenvalue weighted by atomic mass is 9.91. The van der Waals surface area contributed by atoms with Gasteiger partial charge in [0, 0.05) is 11.6 Å². The first kappa shape index (κ1) is 17.0. The summed E-state index contributed by atoms with van der Waals surface area (Å²) in [4.78, 5) is 13.7. The van der Waals surface area contributed by atoms with Crippen LogP contribution in [0.25, 0.3) is 0 Å². The molecule has 3 nitrogen and oxygen atoms in total. The van der Waals surface area contributed by atoms with Crippen LogP contribution in [0.5, 0.6) is 0 Å². The van der Waals surface area contributed by atoms with E-state index in [2.05, 4.69) is 36.1 Å². The Kier molecular flexibility index (Phi) is 5.22. The summed E-state index contributed by atoms with van der Waals surface area (Å²) in [5.41, 5.74) is 3.55. The Bertz CT molecular complexity index is 651. The highest BCUT2D eigenvalue weighted by atomic mass is 35.5. The van der Waals surface area contributed by atoms with Crippen molar-refractivity contribution in [1.82, 2.24) is 4.90 Å². The maximum absolute atomic E-state index is 11.4. The van der Waals surface area contributed by atoms with E-state index >= 15 is 0 Å². The summed E-state index contributed by atoms with van der Waals surface area (Å²) in [6, 6.07) is 16.4. The molecule has 1 fully saturated rings. The van der Waals surface area contributed by atoms with Crippen molar-refractivity contribution < 1.29 is 9.90 Å². The number of piperidine rings is 1. The molecule has 1 aliphatic rings. The quantitative estimate of drug-likeness (QED) is 0.886. The van der Waals surface area contributed by atoms with Crippen molar-refractivity contribution in [2.24, 2.45) is 5.92 Å². The van der Waals surface area contributed by atoms with Gasteiger partial charge in [0.25, 0.3) is 0 Å². The lowest BCUT2D eigenvalue weighted by Gasteiger charge is -2.37. The SMILES string of the molecule is Cc1ccc(C(c2ccc(Cl)cc2)N2CCCC(C(=O)O)C2)cc1. The summed E-state index contributed by atoms with van der Waals surface area (Å²) in [7, 11) is 0. The van der Waals surface area contributed by atoms with Gasteiger partial charge in [-0.1, -0.05) is 53.6 Å². The van der Waals surface area contributed by atoms with Crippen LogP contribution in [0.3, 0.4) is 0 Å². The molecule has 1 N–H and O–H groups in total.